The summed E-state index contributed by atoms with van der Waals surface area (Å²) in [5, 5.41) is 0.344. The quantitative estimate of drug-likeness (QED) is 0.697. The molecule has 4 heteroatoms. The Hall–Kier alpha value is -0.640. The van der Waals surface area contributed by atoms with Gasteiger partial charge in [0.25, 0.3) is 0 Å². The zero-order valence-corrected chi connectivity index (χ0v) is 6.44. The van der Waals surface area contributed by atoms with E-state index >= 15 is 0 Å². The summed E-state index contributed by atoms with van der Waals surface area (Å²) in [6.45, 7) is 0.164. The lowest BCUT2D eigenvalue weighted by Crippen LogP contribution is -1.98. The van der Waals surface area contributed by atoms with E-state index in [4.69, 9.17) is 17.5 Å². The van der Waals surface area contributed by atoms with Crippen molar-refractivity contribution in [1.29, 1.82) is 0 Å². The molecule has 0 saturated heterocycles. The van der Waals surface area contributed by atoms with Crippen molar-refractivity contribution in [3.8, 4) is 0 Å². The fourth-order valence-corrected chi connectivity index (χ4v) is 1.03. The van der Waals surface area contributed by atoms with Crippen LogP contribution in [0.4, 0.5) is 4.39 Å². The molecule has 0 aromatic heterocycles. The maximum Gasteiger partial charge on any atom is 0.125 e. The SMILES string of the molecule is NOCc1cc(F)cc(Cl)c1. The summed E-state index contributed by atoms with van der Waals surface area (Å²) in [6.07, 6.45) is 0. The van der Waals surface area contributed by atoms with Gasteiger partial charge in [0.05, 0.1) is 6.61 Å². The van der Waals surface area contributed by atoms with Crippen LogP contribution in [-0.4, -0.2) is 0 Å². The molecule has 1 aromatic rings. The van der Waals surface area contributed by atoms with Crippen molar-refractivity contribution in [1.82, 2.24) is 0 Å². The molecule has 0 atom stereocenters. The Morgan fingerprint density at radius 1 is 1.45 bits per heavy atom. The smallest absolute Gasteiger partial charge is 0.125 e. The molecule has 0 amide bonds. The van der Waals surface area contributed by atoms with Gasteiger partial charge in [-0.1, -0.05) is 11.6 Å². The van der Waals surface area contributed by atoms with Crippen molar-refractivity contribution < 1.29 is 9.23 Å². The van der Waals surface area contributed by atoms with Crippen molar-refractivity contribution in [3.05, 3.63) is 34.6 Å². The first kappa shape index (κ1) is 8.46. The molecule has 60 valence electrons. The largest absolute Gasteiger partial charge is 0.300 e. The Balaban J connectivity index is 2.89. The lowest BCUT2D eigenvalue weighted by atomic mass is 10.2. The second-order valence-corrected chi connectivity index (χ2v) is 2.53. The maximum atomic E-state index is 12.6. The molecule has 11 heavy (non-hydrogen) atoms. The minimum absolute atomic E-state index is 0.164. The van der Waals surface area contributed by atoms with Crippen LogP contribution in [0.3, 0.4) is 0 Å². The molecule has 0 heterocycles. The zero-order chi connectivity index (χ0) is 8.27. The van der Waals surface area contributed by atoms with Crippen LogP contribution in [0.5, 0.6) is 0 Å². The Morgan fingerprint density at radius 2 is 2.18 bits per heavy atom. The van der Waals surface area contributed by atoms with Crippen molar-refractivity contribution in [2.24, 2.45) is 5.90 Å². The van der Waals surface area contributed by atoms with Gasteiger partial charge >= 0.3 is 0 Å². The average Bonchev–Trinajstić information content (AvgIpc) is 1.85. The topological polar surface area (TPSA) is 35.2 Å². The molecule has 1 aromatic carbocycles. The van der Waals surface area contributed by atoms with Gasteiger partial charge in [-0.2, -0.15) is 0 Å². The molecule has 0 saturated carbocycles. The normalized spacial score (nSPS) is 10.1. The van der Waals surface area contributed by atoms with Crippen LogP contribution in [0, 0.1) is 5.82 Å². The van der Waals surface area contributed by atoms with E-state index in [2.05, 4.69) is 4.84 Å². The number of rotatable bonds is 2. The van der Waals surface area contributed by atoms with Crippen molar-refractivity contribution in [3.63, 3.8) is 0 Å². The van der Waals surface area contributed by atoms with E-state index in [1.54, 1.807) is 6.07 Å². The van der Waals surface area contributed by atoms with Gasteiger partial charge in [-0.15, -0.1) is 0 Å². The summed E-state index contributed by atoms with van der Waals surface area (Å²) < 4.78 is 12.6. The van der Waals surface area contributed by atoms with Crippen LogP contribution < -0.4 is 5.90 Å². The van der Waals surface area contributed by atoms with E-state index in [9.17, 15) is 4.39 Å². The Morgan fingerprint density at radius 3 is 2.73 bits per heavy atom. The third-order valence-electron chi connectivity index (χ3n) is 1.17. The highest BCUT2D eigenvalue weighted by Crippen LogP contribution is 2.14. The van der Waals surface area contributed by atoms with E-state index in [0.717, 1.165) is 0 Å². The first-order chi connectivity index (χ1) is 5.22. The number of hydrogen-bond donors (Lipinski definition) is 1. The van der Waals surface area contributed by atoms with Crippen LogP contribution in [0.2, 0.25) is 5.02 Å². The highest BCUT2D eigenvalue weighted by Gasteiger charge is 1.97. The third-order valence-corrected chi connectivity index (χ3v) is 1.39. The molecule has 0 fully saturated rings. The first-order valence-corrected chi connectivity index (χ1v) is 3.37. The first-order valence-electron chi connectivity index (χ1n) is 2.99. The number of hydrogen-bond acceptors (Lipinski definition) is 2. The second-order valence-electron chi connectivity index (χ2n) is 2.09. The third kappa shape index (κ3) is 2.46. The lowest BCUT2D eigenvalue weighted by Gasteiger charge is -1.99. The van der Waals surface area contributed by atoms with Crippen molar-refractivity contribution in [2.75, 3.05) is 0 Å². The molecule has 0 aliphatic rings. The van der Waals surface area contributed by atoms with Crippen LogP contribution >= 0.6 is 11.6 Å². The van der Waals surface area contributed by atoms with E-state index in [0.29, 0.717) is 10.6 Å². The highest BCUT2D eigenvalue weighted by molar-refractivity contribution is 6.30. The second kappa shape index (κ2) is 3.67. The molecule has 0 aliphatic heterocycles. The molecular formula is C7H7ClFNO. The summed E-state index contributed by atoms with van der Waals surface area (Å²) in [6, 6.07) is 4.14. The van der Waals surface area contributed by atoms with E-state index < -0.39 is 0 Å². The monoisotopic (exact) mass is 175 g/mol. The number of halogens is 2. The fraction of sp³-hybridized carbons (Fsp3) is 0.143. The molecule has 2 nitrogen and oxygen atoms in total. The lowest BCUT2D eigenvalue weighted by molar-refractivity contribution is 0.124. The number of benzene rings is 1. The van der Waals surface area contributed by atoms with Crippen LogP contribution in [-0.2, 0) is 11.4 Å². The molecule has 0 unspecified atom stereocenters. The van der Waals surface area contributed by atoms with Crippen molar-refractivity contribution in [2.45, 2.75) is 6.61 Å². The minimum atomic E-state index is -0.385. The Kier molecular flexibility index (Phi) is 2.82. The molecular weight excluding hydrogens is 169 g/mol. The maximum absolute atomic E-state index is 12.6. The summed E-state index contributed by atoms with van der Waals surface area (Å²) in [5.74, 6) is 4.41. The molecule has 1 rings (SSSR count). The summed E-state index contributed by atoms with van der Waals surface area (Å²) in [7, 11) is 0. The van der Waals surface area contributed by atoms with Crippen molar-refractivity contribution >= 4 is 11.6 Å². The predicted molar refractivity (Wildman–Crippen MR) is 40.4 cm³/mol. The van der Waals surface area contributed by atoms with Gasteiger partial charge in [-0.25, -0.2) is 10.3 Å². The fourth-order valence-electron chi connectivity index (χ4n) is 0.791. The molecule has 0 bridgehead atoms. The van der Waals surface area contributed by atoms with Crippen LogP contribution in [0.15, 0.2) is 18.2 Å². The molecule has 0 spiro atoms. The number of nitrogens with two attached hydrogens (primary N) is 1. The van der Waals surface area contributed by atoms with E-state index in [1.807, 2.05) is 0 Å². The Labute approximate surface area is 68.7 Å². The summed E-state index contributed by atoms with van der Waals surface area (Å²) >= 11 is 5.55. The zero-order valence-electron chi connectivity index (χ0n) is 5.68. The van der Waals surface area contributed by atoms with Gasteiger partial charge in [0.15, 0.2) is 0 Å². The Bertz CT molecular complexity index is 234. The van der Waals surface area contributed by atoms with E-state index in [-0.39, 0.29) is 12.4 Å². The van der Waals surface area contributed by atoms with Gasteiger partial charge in [0.2, 0.25) is 0 Å². The van der Waals surface area contributed by atoms with Gasteiger partial charge in [0, 0.05) is 5.02 Å². The summed E-state index contributed by atoms with van der Waals surface area (Å²) in [5.41, 5.74) is 0.623. The highest BCUT2D eigenvalue weighted by atomic mass is 35.5. The standard InChI is InChI=1S/C7H7ClFNO/c8-6-1-5(4-11-10)2-7(9)3-6/h1-3H,4,10H2. The van der Waals surface area contributed by atoms with Gasteiger partial charge in [-0.05, 0) is 23.8 Å². The van der Waals surface area contributed by atoms with Crippen LogP contribution in [0.25, 0.3) is 0 Å². The van der Waals surface area contributed by atoms with Gasteiger partial charge in [-0.3, -0.25) is 4.84 Å². The molecule has 0 radical (unpaired) electrons. The van der Waals surface area contributed by atoms with Gasteiger partial charge < -0.3 is 0 Å². The van der Waals surface area contributed by atoms with E-state index in [1.165, 1.54) is 12.1 Å². The predicted octanol–water partition coefficient (Wildman–Crippen LogP) is 1.87. The summed E-state index contributed by atoms with van der Waals surface area (Å²) in [4.78, 5) is 4.31. The molecule has 2 N–H and O–H groups in total. The average molecular weight is 176 g/mol. The van der Waals surface area contributed by atoms with Crippen LogP contribution in [0.1, 0.15) is 5.56 Å². The minimum Gasteiger partial charge on any atom is -0.300 e. The molecule has 0 aliphatic carbocycles. The van der Waals surface area contributed by atoms with Gasteiger partial charge in [0.1, 0.15) is 5.82 Å².